The minimum atomic E-state index is 0.927. The zero-order chi connectivity index (χ0) is 15.6. The molecule has 0 N–H and O–H groups in total. The zero-order valence-electron chi connectivity index (χ0n) is 13.8. The van der Waals surface area contributed by atoms with Gasteiger partial charge in [0.25, 0.3) is 0 Å². The topological polar surface area (TPSA) is 23.8 Å². The molecular weight excluding hydrogens is 266 g/mol. The van der Waals surface area contributed by atoms with Gasteiger partial charge in [0.1, 0.15) is 0 Å². The SMILES string of the molecule is CCCCC1CCC(CCc2ccc(C#CC#N)cc2)CC1. The van der Waals surface area contributed by atoms with E-state index in [0.29, 0.717) is 0 Å². The van der Waals surface area contributed by atoms with E-state index in [1.165, 1.54) is 63.4 Å². The third kappa shape index (κ3) is 5.57. The van der Waals surface area contributed by atoms with Crippen LogP contribution in [-0.2, 0) is 6.42 Å². The summed E-state index contributed by atoms with van der Waals surface area (Å²) in [6, 6.07) is 10.2. The van der Waals surface area contributed by atoms with Crippen molar-refractivity contribution in [2.45, 2.75) is 64.7 Å². The summed E-state index contributed by atoms with van der Waals surface area (Å²) in [4.78, 5) is 0. The van der Waals surface area contributed by atoms with Gasteiger partial charge >= 0.3 is 0 Å². The van der Waals surface area contributed by atoms with Crippen molar-refractivity contribution in [2.75, 3.05) is 0 Å². The molecular formula is C21H27N. The summed E-state index contributed by atoms with van der Waals surface area (Å²) in [5.74, 6) is 7.21. The fourth-order valence-electron chi connectivity index (χ4n) is 3.53. The molecule has 0 amide bonds. The van der Waals surface area contributed by atoms with E-state index in [2.05, 4.69) is 30.9 Å². The molecule has 0 radical (unpaired) electrons. The molecule has 1 heteroatoms. The third-order valence-corrected chi connectivity index (χ3v) is 4.99. The second kappa shape index (κ2) is 9.32. The van der Waals surface area contributed by atoms with Gasteiger partial charge in [0.15, 0.2) is 6.07 Å². The highest BCUT2D eigenvalue weighted by atomic mass is 14.3. The first kappa shape index (κ1) is 16.6. The van der Waals surface area contributed by atoms with Crippen molar-refractivity contribution in [3.8, 4) is 17.9 Å². The number of aryl methyl sites for hydroxylation is 1. The fourth-order valence-corrected chi connectivity index (χ4v) is 3.53. The van der Waals surface area contributed by atoms with E-state index in [0.717, 1.165) is 17.4 Å². The number of rotatable bonds is 6. The average molecular weight is 293 g/mol. The first-order chi connectivity index (χ1) is 10.8. The van der Waals surface area contributed by atoms with Crippen LogP contribution in [-0.4, -0.2) is 0 Å². The van der Waals surface area contributed by atoms with Crippen molar-refractivity contribution >= 4 is 0 Å². The maximum Gasteiger partial charge on any atom is 0.152 e. The van der Waals surface area contributed by atoms with Crippen molar-refractivity contribution < 1.29 is 0 Å². The number of nitrogens with zero attached hydrogens (tertiary/aromatic N) is 1. The van der Waals surface area contributed by atoms with Gasteiger partial charge in [0, 0.05) is 11.5 Å². The molecule has 0 unspecified atom stereocenters. The summed E-state index contributed by atoms with van der Waals surface area (Å²) in [5.41, 5.74) is 2.33. The molecule has 0 saturated heterocycles. The summed E-state index contributed by atoms with van der Waals surface area (Å²) in [6.45, 7) is 2.29. The lowest BCUT2D eigenvalue weighted by molar-refractivity contribution is 0.250. The average Bonchev–Trinajstić information content (AvgIpc) is 2.58. The van der Waals surface area contributed by atoms with Crippen LogP contribution >= 0.6 is 0 Å². The molecule has 1 aromatic carbocycles. The Hall–Kier alpha value is -1.73. The summed E-state index contributed by atoms with van der Waals surface area (Å²) in [5, 5.41) is 8.45. The minimum Gasteiger partial charge on any atom is -0.183 e. The summed E-state index contributed by atoms with van der Waals surface area (Å²) < 4.78 is 0. The van der Waals surface area contributed by atoms with Gasteiger partial charge in [-0.2, -0.15) is 5.26 Å². The largest absolute Gasteiger partial charge is 0.183 e. The summed E-state index contributed by atoms with van der Waals surface area (Å²) in [7, 11) is 0. The van der Waals surface area contributed by atoms with E-state index in [4.69, 9.17) is 5.26 Å². The van der Waals surface area contributed by atoms with Gasteiger partial charge in [-0.3, -0.25) is 0 Å². The molecule has 0 aromatic heterocycles. The lowest BCUT2D eigenvalue weighted by Crippen LogP contribution is -2.15. The van der Waals surface area contributed by atoms with E-state index in [1.54, 1.807) is 0 Å². The second-order valence-corrected chi connectivity index (χ2v) is 6.63. The molecule has 0 aliphatic heterocycles. The van der Waals surface area contributed by atoms with Gasteiger partial charge in [0.2, 0.25) is 0 Å². The fraction of sp³-hybridized carbons (Fsp3) is 0.571. The Bertz CT molecular complexity index is 530. The highest BCUT2D eigenvalue weighted by Gasteiger charge is 2.20. The molecule has 0 heterocycles. The van der Waals surface area contributed by atoms with Crippen LogP contribution in [0.15, 0.2) is 24.3 Å². The zero-order valence-corrected chi connectivity index (χ0v) is 13.8. The monoisotopic (exact) mass is 293 g/mol. The minimum absolute atomic E-state index is 0.927. The Morgan fingerprint density at radius 1 is 1.00 bits per heavy atom. The van der Waals surface area contributed by atoms with Gasteiger partial charge in [-0.1, -0.05) is 69.9 Å². The quantitative estimate of drug-likeness (QED) is 0.636. The van der Waals surface area contributed by atoms with E-state index in [9.17, 15) is 0 Å². The smallest absolute Gasteiger partial charge is 0.152 e. The maximum absolute atomic E-state index is 8.45. The number of unbranched alkanes of at least 4 members (excludes halogenated alkanes) is 1. The Labute approximate surface area is 135 Å². The Morgan fingerprint density at radius 2 is 1.64 bits per heavy atom. The summed E-state index contributed by atoms with van der Waals surface area (Å²) >= 11 is 0. The molecule has 0 bridgehead atoms. The number of hydrogen-bond donors (Lipinski definition) is 0. The standard InChI is InChI=1S/C21H27N/c1-2-3-5-18-7-11-20(12-8-18)15-16-21-13-9-19(10-14-21)6-4-17-22/h9-10,13-14,18,20H,2-3,5,7-8,11-12,15-16H2,1H3. The summed E-state index contributed by atoms with van der Waals surface area (Å²) in [6.07, 6.45) is 12.5. The second-order valence-electron chi connectivity index (χ2n) is 6.63. The highest BCUT2D eigenvalue weighted by molar-refractivity contribution is 5.39. The molecule has 1 nitrogen and oxygen atoms in total. The molecule has 1 saturated carbocycles. The molecule has 1 aliphatic rings. The van der Waals surface area contributed by atoms with Crippen LogP contribution in [0.4, 0.5) is 0 Å². The van der Waals surface area contributed by atoms with Crippen LogP contribution in [0, 0.1) is 35.0 Å². The highest BCUT2D eigenvalue weighted by Crippen LogP contribution is 2.34. The molecule has 1 aromatic rings. The van der Waals surface area contributed by atoms with E-state index in [1.807, 2.05) is 18.2 Å². The van der Waals surface area contributed by atoms with Crippen molar-refractivity contribution in [1.82, 2.24) is 0 Å². The van der Waals surface area contributed by atoms with Crippen LogP contribution in [0.1, 0.15) is 69.4 Å². The van der Waals surface area contributed by atoms with Gasteiger partial charge in [-0.25, -0.2) is 0 Å². The number of benzene rings is 1. The van der Waals surface area contributed by atoms with Gasteiger partial charge < -0.3 is 0 Å². The lowest BCUT2D eigenvalue weighted by Gasteiger charge is -2.28. The lowest BCUT2D eigenvalue weighted by atomic mass is 9.78. The van der Waals surface area contributed by atoms with Crippen molar-refractivity contribution in [3.05, 3.63) is 35.4 Å². The van der Waals surface area contributed by atoms with Gasteiger partial charge in [-0.15, -0.1) is 0 Å². The van der Waals surface area contributed by atoms with E-state index < -0.39 is 0 Å². The van der Waals surface area contributed by atoms with Crippen LogP contribution in [0.25, 0.3) is 0 Å². The molecule has 0 atom stereocenters. The first-order valence-corrected chi connectivity index (χ1v) is 8.81. The van der Waals surface area contributed by atoms with Crippen molar-refractivity contribution in [3.63, 3.8) is 0 Å². The normalized spacial score (nSPS) is 20.7. The third-order valence-electron chi connectivity index (χ3n) is 4.99. The number of nitriles is 1. The Morgan fingerprint density at radius 3 is 2.23 bits per heavy atom. The van der Waals surface area contributed by atoms with E-state index in [-0.39, 0.29) is 0 Å². The van der Waals surface area contributed by atoms with Crippen molar-refractivity contribution in [1.29, 1.82) is 5.26 Å². The van der Waals surface area contributed by atoms with Gasteiger partial charge in [-0.05, 0) is 42.4 Å². The molecule has 1 aliphatic carbocycles. The van der Waals surface area contributed by atoms with Crippen LogP contribution in [0.5, 0.6) is 0 Å². The van der Waals surface area contributed by atoms with E-state index >= 15 is 0 Å². The number of hydrogen-bond acceptors (Lipinski definition) is 1. The predicted molar refractivity (Wildman–Crippen MR) is 92.2 cm³/mol. The molecule has 0 spiro atoms. The molecule has 116 valence electrons. The Balaban J connectivity index is 1.71. The van der Waals surface area contributed by atoms with Crippen LogP contribution in [0.2, 0.25) is 0 Å². The van der Waals surface area contributed by atoms with Crippen molar-refractivity contribution in [2.24, 2.45) is 11.8 Å². The molecule has 1 fully saturated rings. The maximum atomic E-state index is 8.45. The first-order valence-electron chi connectivity index (χ1n) is 8.81. The molecule has 2 rings (SSSR count). The Kier molecular flexibility index (Phi) is 7.05. The van der Waals surface area contributed by atoms with Crippen LogP contribution < -0.4 is 0 Å². The van der Waals surface area contributed by atoms with Crippen LogP contribution in [0.3, 0.4) is 0 Å². The van der Waals surface area contributed by atoms with Gasteiger partial charge in [0.05, 0.1) is 0 Å². The predicted octanol–water partition coefficient (Wildman–Crippen LogP) is 5.49. The molecule has 22 heavy (non-hydrogen) atoms.